The van der Waals surface area contributed by atoms with Crippen molar-refractivity contribution in [1.82, 2.24) is 0 Å². The van der Waals surface area contributed by atoms with Gasteiger partial charge in [0.25, 0.3) is 0 Å². The summed E-state index contributed by atoms with van der Waals surface area (Å²) in [6.07, 6.45) is 8.18. The van der Waals surface area contributed by atoms with E-state index in [1.807, 2.05) is 26.2 Å². The standard InChI is InChI=1S/C22H30O4S/c1-13(2)16-9-8-14(3)11-17(16)20-18(23)12-15(7-5-6-10-27-4)19(21(20)24)22(25)26/h11-12,16-17,23-24H,1,5-10H2,2-4H3,(H,25,26)/t16-,17+/m0/s1. The zero-order chi connectivity index (χ0) is 20.1. The van der Waals surface area contributed by atoms with Crippen LogP contribution in [-0.2, 0) is 6.42 Å². The number of carboxylic acid groups (broad SMARTS) is 1. The molecular weight excluding hydrogens is 360 g/mol. The van der Waals surface area contributed by atoms with Gasteiger partial charge in [-0.05, 0) is 75.5 Å². The maximum atomic E-state index is 11.9. The molecule has 0 fully saturated rings. The van der Waals surface area contributed by atoms with Crippen molar-refractivity contribution in [3.63, 3.8) is 0 Å². The molecule has 0 radical (unpaired) electrons. The minimum atomic E-state index is -1.16. The lowest BCUT2D eigenvalue weighted by Gasteiger charge is -2.32. The summed E-state index contributed by atoms with van der Waals surface area (Å²) in [5.74, 6) is -0.675. The number of aromatic hydroxyl groups is 2. The quantitative estimate of drug-likeness (QED) is 0.404. The van der Waals surface area contributed by atoms with Crippen LogP contribution in [0.25, 0.3) is 0 Å². The first-order valence-electron chi connectivity index (χ1n) is 9.40. The third-order valence-electron chi connectivity index (χ3n) is 5.37. The van der Waals surface area contributed by atoms with E-state index in [4.69, 9.17) is 0 Å². The number of rotatable bonds is 8. The summed E-state index contributed by atoms with van der Waals surface area (Å²) in [5, 5.41) is 31.3. The van der Waals surface area contributed by atoms with Crippen LogP contribution in [0.5, 0.6) is 11.5 Å². The van der Waals surface area contributed by atoms with Gasteiger partial charge in [0.1, 0.15) is 17.1 Å². The Balaban J connectivity index is 2.51. The van der Waals surface area contributed by atoms with Crippen LogP contribution >= 0.6 is 11.8 Å². The summed E-state index contributed by atoms with van der Waals surface area (Å²) in [5.41, 5.74) is 2.87. The molecule has 1 aliphatic carbocycles. The fraction of sp³-hybridized carbons (Fsp3) is 0.500. The van der Waals surface area contributed by atoms with Crippen LogP contribution < -0.4 is 0 Å². The fourth-order valence-corrected chi connectivity index (χ4v) is 4.45. The number of carbonyl (C=O) groups is 1. The molecule has 27 heavy (non-hydrogen) atoms. The third kappa shape index (κ3) is 4.89. The fourth-order valence-electron chi connectivity index (χ4n) is 3.96. The number of benzene rings is 1. The van der Waals surface area contributed by atoms with E-state index in [1.165, 1.54) is 11.6 Å². The van der Waals surface area contributed by atoms with Crippen LogP contribution in [0, 0.1) is 5.92 Å². The molecule has 1 aromatic rings. The van der Waals surface area contributed by atoms with Crippen molar-refractivity contribution in [3.05, 3.63) is 46.6 Å². The first kappa shape index (κ1) is 21.4. The van der Waals surface area contributed by atoms with Crippen molar-refractivity contribution < 1.29 is 20.1 Å². The van der Waals surface area contributed by atoms with Crippen molar-refractivity contribution in [2.45, 2.75) is 51.9 Å². The Morgan fingerprint density at radius 1 is 1.33 bits per heavy atom. The average molecular weight is 391 g/mol. The van der Waals surface area contributed by atoms with Crippen LogP contribution in [-0.4, -0.2) is 33.3 Å². The van der Waals surface area contributed by atoms with Gasteiger partial charge in [-0.3, -0.25) is 0 Å². The second kappa shape index (κ2) is 9.36. The molecule has 0 bridgehead atoms. The molecule has 4 nitrogen and oxygen atoms in total. The van der Waals surface area contributed by atoms with E-state index in [1.54, 1.807) is 11.8 Å². The van der Waals surface area contributed by atoms with E-state index in [9.17, 15) is 20.1 Å². The molecule has 5 heteroatoms. The molecule has 148 valence electrons. The first-order valence-corrected chi connectivity index (χ1v) is 10.8. The number of hydrogen-bond donors (Lipinski definition) is 3. The smallest absolute Gasteiger partial charge is 0.339 e. The lowest BCUT2D eigenvalue weighted by atomic mass is 9.73. The minimum Gasteiger partial charge on any atom is -0.507 e. The summed E-state index contributed by atoms with van der Waals surface area (Å²) in [6, 6.07) is 1.53. The number of phenols is 2. The van der Waals surface area contributed by atoms with Crippen LogP contribution in [0.3, 0.4) is 0 Å². The number of carboxylic acids is 1. The van der Waals surface area contributed by atoms with Crippen molar-refractivity contribution in [3.8, 4) is 11.5 Å². The Hall–Kier alpha value is -1.88. The highest BCUT2D eigenvalue weighted by molar-refractivity contribution is 7.98. The lowest BCUT2D eigenvalue weighted by molar-refractivity contribution is 0.0692. The second-order valence-electron chi connectivity index (χ2n) is 7.48. The average Bonchev–Trinajstić information content (AvgIpc) is 2.57. The number of unbranched alkanes of at least 4 members (excludes halogenated alkanes) is 1. The third-order valence-corrected chi connectivity index (χ3v) is 6.07. The summed E-state index contributed by atoms with van der Waals surface area (Å²) >= 11 is 1.75. The Morgan fingerprint density at radius 3 is 2.63 bits per heavy atom. The molecule has 0 amide bonds. The molecule has 0 aliphatic heterocycles. The molecule has 0 unspecified atom stereocenters. The van der Waals surface area contributed by atoms with Crippen molar-refractivity contribution >= 4 is 17.7 Å². The van der Waals surface area contributed by atoms with Crippen LogP contribution in [0.1, 0.15) is 66.9 Å². The lowest BCUT2D eigenvalue weighted by Crippen LogP contribution is -2.18. The van der Waals surface area contributed by atoms with E-state index in [-0.39, 0.29) is 28.9 Å². The SMILES string of the molecule is C=C(C)[C@@H]1CCC(C)=C[C@H]1c1c(O)cc(CCCCSC)c(C(=O)O)c1O. The molecule has 3 N–H and O–H groups in total. The number of aromatic carboxylic acids is 1. The predicted molar refractivity (Wildman–Crippen MR) is 112 cm³/mol. The van der Waals surface area contributed by atoms with Gasteiger partial charge in [-0.1, -0.05) is 23.8 Å². The van der Waals surface area contributed by atoms with Crippen LogP contribution in [0.2, 0.25) is 0 Å². The van der Waals surface area contributed by atoms with Gasteiger partial charge >= 0.3 is 5.97 Å². The Morgan fingerprint density at radius 2 is 2.04 bits per heavy atom. The van der Waals surface area contributed by atoms with Gasteiger partial charge in [0.2, 0.25) is 0 Å². The molecule has 1 aliphatic rings. The maximum Gasteiger partial charge on any atom is 0.339 e. The second-order valence-corrected chi connectivity index (χ2v) is 8.46. The highest BCUT2D eigenvalue weighted by Crippen LogP contribution is 2.48. The molecule has 0 saturated carbocycles. The van der Waals surface area contributed by atoms with Crippen LogP contribution in [0.4, 0.5) is 0 Å². The highest BCUT2D eigenvalue weighted by atomic mass is 32.2. The molecular formula is C22H30O4S. The van der Waals surface area contributed by atoms with E-state index in [0.717, 1.165) is 37.0 Å². The zero-order valence-electron chi connectivity index (χ0n) is 16.4. The largest absolute Gasteiger partial charge is 0.507 e. The Labute approximate surface area is 166 Å². The molecule has 2 rings (SSSR count). The number of thioether (sulfide) groups is 1. The van der Waals surface area contributed by atoms with Crippen LogP contribution in [0.15, 0.2) is 29.9 Å². The summed E-state index contributed by atoms with van der Waals surface area (Å²) in [6.45, 7) is 8.03. The number of aryl methyl sites for hydroxylation is 1. The van der Waals surface area contributed by atoms with Gasteiger partial charge in [-0.15, -0.1) is 0 Å². The summed E-state index contributed by atoms with van der Waals surface area (Å²) in [4.78, 5) is 11.9. The Bertz CT molecular complexity index is 751. The molecule has 0 spiro atoms. The number of allylic oxidation sites excluding steroid dienone is 3. The first-order chi connectivity index (χ1) is 12.8. The molecule has 0 aromatic heterocycles. The van der Waals surface area contributed by atoms with Gasteiger partial charge in [0, 0.05) is 11.5 Å². The van der Waals surface area contributed by atoms with Crippen molar-refractivity contribution in [2.75, 3.05) is 12.0 Å². The number of phenolic OH excluding ortho intramolecular Hbond substituents is 1. The van der Waals surface area contributed by atoms with Gasteiger partial charge in [-0.2, -0.15) is 11.8 Å². The Kier molecular flexibility index (Phi) is 7.42. The van der Waals surface area contributed by atoms with Crippen molar-refractivity contribution in [1.29, 1.82) is 0 Å². The van der Waals surface area contributed by atoms with Crippen molar-refractivity contribution in [2.24, 2.45) is 5.92 Å². The van der Waals surface area contributed by atoms with Gasteiger partial charge < -0.3 is 15.3 Å². The summed E-state index contributed by atoms with van der Waals surface area (Å²) in [7, 11) is 0. The summed E-state index contributed by atoms with van der Waals surface area (Å²) < 4.78 is 0. The van der Waals surface area contributed by atoms with E-state index < -0.39 is 5.97 Å². The topological polar surface area (TPSA) is 77.8 Å². The maximum absolute atomic E-state index is 11.9. The van der Waals surface area contributed by atoms with E-state index >= 15 is 0 Å². The number of hydrogen-bond acceptors (Lipinski definition) is 4. The molecule has 0 heterocycles. The predicted octanol–water partition coefficient (Wildman–Crippen LogP) is 5.50. The van der Waals surface area contributed by atoms with E-state index in [2.05, 4.69) is 6.58 Å². The molecule has 2 atom stereocenters. The zero-order valence-corrected chi connectivity index (χ0v) is 17.2. The molecule has 0 saturated heterocycles. The monoisotopic (exact) mass is 390 g/mol. The van der Waals surface area contributed by atoms with Gasteiger partial charge in [0.15, 0.2) is 0 Å². The normalized spacial score (nSPS) is 19.6. The van der Waals surface area contributed by atoms with Gasteiger partial charge in [0.05, 0.1) is 0 Å². The minimum absolute atomic E-state index is 0.0282. The highest BCUT2D eigenvalue weighted by Gasteiger charge is 2.32. The van der Waals surface area contributed by atoms with E-state index in [0.29, 0.717) is 17.5 Å². The molecule has 1 aromatic carbocycles. The van der Waals surface area contributed by atoms with Gasteiger partial charge in [-0.25, -0.2) is 4.79 Å².